The zero-order valence-corrected chi connectivity index (χ0v) is 15.1. The Bertz CT molecular complexity index is 676. The maximum atomic E-state index is 12.4. The van der Waals surface area contributed by atoms with E-state index < -0.39 is 5.97 Å². The van der Waals surface area contributed by atoms with E-state index in [0.29, 0.717) is 36.5 Å². The number of carbonyl (C=O) groups excluding carboxylic acids is 1. The van der Waals surface area contributed by atoms with Crippen molar-refractivity contribution >= 4 is 11.8 Å². The highest BCUT2D eigenvalue weighted by molar-refractivity contribution is 5.99. The standard InChI is InChI=1S/C20H25NO5/c1-3-8-15-13-16(17(22)9-7-10-20(23)24)19(25-2)14-18(15)26-12-6-4-5-11-21/h3,13-14H,1,4-10,12H2,2H3,(H,23,24). The summed E-state index contributed by atoms with van der Waals surface area (Å²) in [5, 5.41) is 17.3. The molecule has 6 nitrogen and oxygen atoms in total. The lowest BCUT2D eigenvalue weighted by Gasteiger charge is -2.15. The number of methoxy groups -OCH3 is 1. The van der Waals surface area contributed by atoms with E-state index in [2.05, 4.69) is 12.6 Å². The first-order valence-electron chi connectivity index (χ1n) is 8.60. The summed E-state index contributed by atoms with van der Waals surface area (Å²) in [4.78, 5) is 23.0. The fourth-order valence-electron chi connectivity index (χ4n) is 2.47. The van der Waals surface area contributed by atoms with Crippen LogP contribution in [0, 0.1) is 11.3 Å². The van der Waals surface area contributed by atoms with Gasteiger partial charge in [0, 0.05) is 25.3 Å². The summed E-state index contributed by atoms with van der Waals surface area (Å²) in [6.07, 6.45) is 4.67. The number of carboxylic acid groups (broad SMARTS) is 1. The van der Waals surface area contributed by atoms with Crippen molar-refractivity contribution in [3.63, 3.8) is 0 Å². The average molecular weight is 359 g/mol. The molecule has 6 heteroatoms. The van der Waals surface area contributed by atoms with Gasteiger partial charge in [0.25, 0.3) is 0 Å². The molecule has 0 aliphatic rings. The number of hydrogen-bond acceptors (Lipinski definition) is 5. The zero-order chi connectivity index (χ0) is 19.4. The van der Waals surface area contributed by atoms with Crippen LogP contribution in [-0.2, 0) is 11.2 Å². The van der Waals surface area contributed by atoms with Gasteiger partial charge < -0.3 is 14.6 Å². The molecule has 0 saturated carbocycles. The highest BCUT2D eigenvalue weighted by Crippen LogP contribution is 2.31. The van der Waals surface area contributed by atoms with Gasteiger partial charge >= 0.3 is 5.97 Å². The molecule has 0 atom stereocenters. The molecule has 1 N–H and O–H groups in total. The van der Waals surface area contributed by atoms with E-state index in [1.165, 1.54) is 7.11 Å². The van der Waals surface area contributed by atoms with Gasteiger partial charge in [0.2, 0.25) is 0 Å². The van der Waals surface area contributed by atoms with Gasteiger partial charge in [-0.2, -0.15) is 5.26 Å². The van der Waals surface area contributed by atoms with E-state index in [1.54, 1.807) is 18.2 Å². The average Bonchev–Trinajstić information content (AvgIpc) is 2.61. The molecule has 0 amide bonds. The van der Waals surface area contributed by atoms with Crippen LogP contribution in [0.3, 0.4) is 0 Å². The van der Waals surface area contributed by atoms with Gasteiger partial charge in [-0.15, -0.1) is 6.58 Å². The van der Waals surface area contributed by atoms with E-state index in [9.17, 15) is 9.59 Å². The predicted octanol–water partition coefficient (Wildman–Crippen LogP) is 3.93. The lowest BCUT2D eigenvalue weighted by atomic mass is 9.99. The Labute approximate surface area is 154 Å². The molecule has 26 heavy (non-hydrogen) atoms. The van der Waals surface area contributed by atoms with Gasteiger partial charge in [-0.1, -0.05) is 6.08 Å². The quantitative estimate of drug-likeness (QED) is 0.325. The SMILES string of the molecule is C=CCc1cc(C(=O)CCCC(=O)O)c(OC)cc1OCCCCC#N. The van der Waals surface area contributed by atoms with Crippen molar-refractivity contribution in [2.45, 2.75) is 44.9 Å². The highest BCUT2D eigenvalue weighted by atomic mass is 16.5. The smallest absolute Gasteiger partial charge is 0.303 e. The van der Waals surface area contributed by atoms with Crippen molar-refractivity contribution in [2.75, 3.05) is 13.7 Å². The molecular formula is C20H25NO5. The van der Waals surface area contributed by atoms with Crippen molar-refractivity contribution < 1.29 is 24.2 Å². The third-order valence-electron chi connectivity index (χ3n) is 3.78. The summed E-state index contributed by atoms with van der Waals surface area (Å²) >= 11 is 0. The van der Waals surface area contributed by atoms with Gasteiger partial charge in [-0.25, -0.2) is 0 Å². The summed E-state index contributed by atoms with van der Waals surface area (Å²) in [7, 11) is 1.48. The fourth-order valence-corrected chi connectivity index (χ4v) is 2.47. The molecule has 140 valence electrons. The third-order valence-corrected chi connectivity index (χ3v) is 3.78. The zero-order valence-electron chi connectivity index (χ0n) is 15.1. The van der Waals surface area contributed by atoms with Crippen molar-refractivity contribution in [3.05, 3.63) is 35.9 Å². The number of allylic oxidation sites excluding steroid dienone is 1. The van der Waals surface area contributed by atoms with Crippen LogP contribution in [0.2, 0.25) is 0 Å². The summed E-state index contributed by atoms with van der Waals surface area (Å²) in [5.41, 5.74) is 1.24. The van der Waals surface area contributed by atoms with Crippen molar-refractivity contribution in [1.82, 2.24) is 0 Å². The molecule has 0 heterocycles. The molecule has 1 aromatic rings. The van der Waals surface area contributed by atoms with Crippen LogP contribution < -0.4 is 9.47 Å². The summed E-state index contributed by atoms with van der Waals surface area (Å²) in [5.74, 6) is -0.0443. The largest absolute Gasteiger partial charge is 0.496 e. The third kappa shape index (κ3) is 6.98. The second-order valence-electron chi connectivity index (χ2n) is 5.79. The van der Waals surface area contributed by atoms with Gasteiger partial charge in [0.15, 0.2) is 5.78 Å². The van der Waals surface area contributed by atoms with Crippen LogP contribution in [0.1, 0.15) is 54.4 Å². The van der Waals surface area contributed by atoms with Crippen LogP contribution in [0.5, 0.6) is 11.5 Å². The van der Waals surface area contributed by atoms with E-state index in [1.807, 2.05) is 0 Å². The van der Waals surface area contributed by atoms with E-state index in [4.69, 9.17) is 19.8 Å². The van der Waals surface area contributed by atoms with Gasteiger partial charge in [0.1, 0.15) is 11.5 Å². The Kier molecular flexibility index (Phi) is 9.55. The predicted molar refractivity (Wildman–Crippen MR) is 97.7 cm³/mol. The second kappa shape index (κ2) is 11.7. The van der Waals surface area contributed by atoms with E-state index in [-0.39, 0.29) is 25.0 Å². The first kappa shape index (κ1) is 21.2. The number of ether oxygens (including phenoxy) is 2. The Morgan fingerprint density at radius 3 is 2.62 bits per heavy atom. The molecule has 0 saturated heterocycles. The van der Waals surface area contributed by atoms with Crippen LogP contribution >= 0.6 is 0 Å². The van der Waals surface area contributed by atoms with Crippen molar-refractivity contribution in [3.8, 4) is 17.6 Å². The Morgan fingerprint density at radius 1 is 1.23 bits per heavy atom. The maximum Gasteiger partial charge on any atom is 0.303 e. The molecule has 0 unspecified atom stereocenters. The van der Waals surface area contributed by atoms with Gasteiger partial charge in [0.05, 0.1) is 25.3 Å². The van der Waals surface area contributed by atoms with E-state index >= 15 is 0 Å². The Balaban J connectivity index is 2.92. The van der Waals surface area contributed by atoms with Gasteiger partial charge in [-0.3, -0.25) is 9.59 Å². The minimum atomic E-state index is -0.919. The highest BCUT2D eigenvalue weighted by Gasteiger charge is 2.17. The van der Waals surface area contributed by atoms with Crippen LogP contribution in [-0.4, -0.2) is 30.6 Å². The number of aliphatic carboxylic acids is 1. The lowest BCUT2D eigenvalue weighted by Crippen LogP contribution is -2.07. The number of rotatable bonds is 13. The molecule has 1 aromatic carbocycles. The number of ketones is 1. The number of benzene rings is 1. The van der Waals surface area contributed by atoms with Crippen LogP contribution in [0.4, 0.5) is 0 Å². The Morgan fingerprint density at radius 2 is 2.00 bits per heavy atom. The molecule has 0 aliphatic heterocycles. The Hall–Kier alpha value is -2.81. The molecule has 0 spiro atoms. The molecule has 0 aromatic heterocycles. The summed E-state index contributed by atoms with van der Waals surface area (Å²) in [6.45, 7) is 4.20. The number of unbranched alkanes of at least 4 members (excludes halogenated alkanes) is 2. The molecule has 0 radical (unpaired) electrons. The monoisotopic (exact) mass is 359 g/mol. The number of nitrogens with zero attached hydrogens (tertiary/aromatic N) is 1. The number of carboxylic acids is 1. The van der Waals surface area contributed by atoms with Gasteiger partial charge in [-0.05, 0) is 37.3 Å². The van der Waals surface area contributed by atoms with Crippen molar-refractivity contribution in [1.29, 1.82) is 5.26 Å². The van der Waals surface area contributed by atoms with Crippen LogP contribution in [0.15, 0.2) is 24.8 Å². The van der Waals surface area contributed by atoms with E-state index in [0.717, 1.165) is 18.4 Å². The second-order valence-corrected chi connectivity index (χ2v) is 5.79. The first-order chi connectivity index (χ1) is 12.5. The number of carbonyl (C=O) groups is 2. The molecule has 0 fully saturated rings. The summed E-state index contributed by atoms with van der Waals surface area (Å²) in [6, 6.07) is 5.52. The molecule has 1 rings (SSSR count). The first-order valence-corrected chi connectivity index (χ1v) is 8.60. The summed E-state index contributed by atoms with van der Waals surface area (Å²) < 4.78 is 11.1. The molecular weight excluding hydrogens is 334 g/mol. The normalized spacial score (nSPS) is 10.0. The topological polar surface area (TPSA) is 96.6 Å². The lowest BCUT2D eigenvalue weighted by molar-refractivity contribution is -0.137. The maximum absolute atomic E-state index is 12.4. The number of Topliss-reactive ketones (excluding diaryl/α,β-unsaturated/α-hetero) is 1. The number of hydrogen-bond donors (Lipinski definition) is 1. The van der Waals surface area contributed by atoms with Crippen molar-refractivity contribution in [2.24, 2.45) is 0 Å². The minimum Gasteiger partial charge on any atom is -0.496 e. The molecule has 0 aliphatic carbocycles. The minimum absolute atomic E-state index is 0.0442. The molecule has 0 bridgehead atoms. The fraction of sp³-hybridized carbons (Fsp3) is 0.450. The van der Waals surface area contributed by atoms with Crippen LogP contribution in [0.25, 0.3) is 0 Å². The number of nitriles is 1.